The predicted octanol–water partition coefficient (Wildman–Crippen LogP) is 1.82. The molecule has 1 N–H and O–H groups in total. The van der Waals surface area contributed by atoms with Crippen LogP contribution in [0, 0.1) is 6.92 Å². The topological polar surface area (TPSA) is 54.4 Å². The lowest BCUT2D eigenvalue weighted by atomic mass is 10.1. The van der Waals surface area contributed by atoms with Gasteiger partial charge in [0.25, 0.3) is 10.1 Å². The summed E-state index contributed by atoms with van der Waals surface area (Å²) in [5.41, 5.74) is 2.29. The SMILES string of the molecule is Cc1ccccc1CCCS(=O)(=O)O. The van der Waals surface area contributed by atoms with Crippen LogP contribution in [0.15, 0.2) is 24.3 Å². The molecule has 0 bridgehead atoms. The van der Waals surface area contributed by atoms with E-state index in [1.54, 1.807) is 0 Å². The summed E-state index contributed by atoms with van der Waals surface area (Å²) in [4.78, 5) is 0. The van der Waals surface area contributed by atoms with Gasteiger partial charge in [-0.15, -0.1) is 0 Å². The fourth-order valence-electron chi connectivity index (χ4n) is 1.34. The van der Waals surface area contributed by atoms with Crippen LogP contribution < -0.4 is 0 Å². The molecule has 0 unspecified atom stereocenters. The van der Waals surface area contributed by atoms with E-state index < -0.39 is 10.1 Å². The first kappa shape index (κ1) is 11.2. The summed E-state index contributed by atoms with van der Waals surface area (Å²) in [6, 6.07) is 7.83. The highest BCUT2D eigenvalue weighted by molar-refractivity contribution is 7.85. The highest BCUT2D eigenvalue weighted by Gasteiger charge is 2.04. The van der Waals surface area contributed by atoms with Crippen molar-refractivity contribution in [1.29, 1.82) is 0 Å². The molecule has 0 amide bonds. The minimum atomic E-state index is -3.81. The normalized spacial score (nSPS) is 11.6. The third kappa shape index (κ3) is 3.89. The smallest absolute Gasteiger partial charge is 0.264 e. The van der Waals surface area contributed by atoms with Crippen LogP contribution in [0.3, 0.4) is 0 Å². The maximum atomic E-state index is 10.5. The van der Waals surface area contributed by atoms with Crippen LogP contribution in [0.5, 0.6) is 0 Å². The highest BCUT2D eigenvalue weighted by Crippen LogP contribution is 2.09. The van der Waals surface area contributed by atoms with Crippen molar-refractivity contribution in [2.75, 3.05) is 5.75 Å². The molecular formula is C10H14O3S. The van der Waals surface area contributed by atoms with E-state index in [1.807, 2.05) is 31.2 Å². The Morgan fingerprint density at radius 2 is 1.93 bits per heavy atom. The van der Waals surface area contributed by atoms with Crippen LogP contribution in [-0.2, 0) is 16.5 Å². The lowest BCUT2D eigenvalue weighted by Gasteiger charge is -2.03. The van der Waals surface area contributed by atoms with E-state index in [9.17, 15) is 8.42 Å². The molecule has 0 spiro atoms. The molecule has 1 aromatic rings. The molecule has 0 aliphatic carbocycles. The first-order valence-electron chi connectivity index (χ1n) is 4.49. The fourth-order valence-corrected chi connectivity index (χ4v) is 1.84. The van der Waals surface area contributed by atoms with Gasteiger partial charge >= 0.3 is 0 Å². The maximum absolute atomic E-state index is 10.5. The van der Waals surface area contributed by atoms with Crippen molar-refractivity contribution in [2.24, 2.45) is 0 Å². The summed E-state index contributed by atoms with van der Waals surface area (Å²) in [6.07, 6.45) is 1.15. The van der Waals surface area contributed by atoms with E-state index in [0.29, 0.717) is 12.8 Å². The lowest BCUT2D eigenvalue weighted by Crippen LogP contribution is -2.05. The quantitative estimate of drug-likeness (QED) is 0.778. The molecule has 4 heteroatoms. The van der Waals surface area contributed by atoms with Crippen LogP contribution in [0.4, 0.5) is 0 Å². The van der Waals surface area contributed by atoms with Gasteiger partial charge in [-0.1, -0.05) is 24.3 Å². The minimum Gasteiger partial charge on any atom is -0.286 e. The van der Waals surface area contributed by atoms with Crippen molar-refractivity contribution in [3.63, 3.8) is 0 Å². The van der Waals surface area contributed by atoms with Gasteiger partial charge in [0.2, 0.25) is 0 Å². The van der Waals surface area contributed by atoms with Gasteiger partial charge in [-0.2, -0.15) is 8.42 Å². The molecule has 1 aromatic carbocycles. The van der Waals surface area contributed by atoms with Crippen molar-refractivity contribution in [2.45, 2.75) is 19.8 Å². The van der Waals surface area contributed by atoms with Gasteiger partial charge in [-0.05, 0) is 30.9 Å². The average Bonchev–Trinajstić information content (AvgIpc) is 2.06. The minimum absolute atomic E-state index is 0.165. The van der Waals surface area contributed by atoms with E-state index in [1.165, 1.54) is 0 Å². The molecule has 0 fully saturated rings. The van der Waals surface area contributed by atoms with Crippen LogP contribution in [0.1, 0.15) is 17.5 Å². The summed E-state index contributed by atoms with van der Waals surface area (Å²) in [6.45, 7) is 1.99. The van der Waals surface area contributed by atoms with E-state index in [0.717, 1.165) is 11.1 Å². The fraction of sp³-hybridized carbons (Fsp3) is 0.400. The number of hydrogen-bond acceptors (Lipinski definition) is 2. The van der Waals surface area contributed by atoms with Crippen LogP contribution in [0.2, 0.25) is 0 Å². The van der Waals surface area contributed by atoms with E-state index in [4.69, 9.17) is 4.55 Å². The Morgan fingerprint density at radius 3 is 2.50 bits per heavy atom. The largest absolute Gasteiger partial charge is 0.286 e. The Morgan fingerprint density at radius 1 is 1.29 bits per heavy atom. The Hall–Kier alpha value is -0.870. The van der Waals surface area contributed by atoms with Gasteiger partial charge in [0.1, 0.15) is 0 Å². The zero-order valence-electron chi connectivity index (χ0n) is 8.10. The molecule has 0 atom stereocenters. The molecule has 78 valence electrons. The highest BCUT2D eigenvalue weighted by atomic mass is 32.2. The standard InChI is InChI=1S/C10H14O3S/c1-9-5-2-3-6-10(9)7-4-8-14(11,12)13/h2-3,5-6H,4,7-8H2,1H3,(H,11,12,13). The van der Waals surface area contributed by atoms with Crippen molar-refractivity contribution >= 4 is 10.1 Å². The molecule has 3 nitrogen and oxygen atoms in total. The van der Waals surface area contributed by atoms with Crippen molar-refractivity contribution in [3.05, 3.63) is 35.4 Å². The van der Waals surface area contributed by atoms with E-state index >= 15 is 0 Å². The molecule has 1 rings (SSSR count). The maximum Gasteiger partial charge on any atom is 0.264 e. The van der Waals surface area contributed by atoms with Gasteiger partial charge in [0.05, 0.1) is 5.75 Å². The lowest BCUT2D eigenvalue weighted by molar-refractivity contribution is 0.481. The number of aryl methyl sites for hydroxylation is 2. The molecule has 0 radical (unpaired) electrons. The van der Waals surface area contributed by atoms with E-state index in [2.05, 4.69) is 0 Å². The number of hydrogen-bond donors (Lipinski definition) is 1. The zero-order valence-corrected chi connectivity index (χ0v) is 8.92. The number of benzene rings is 1. The summed E-state index contributed by atoms with van der Waals surface area (Å²) < 4.78 is 29.5. The summed E-state index contributed by atoms with van der Waals surface area (Å²) in [5.74, 6) is -0.165. The first-order chi connectivity index (χ1) is 6.49. The molecule has 0 aliphatic heterocycles. The molecule has 0 heterocycles. The molecule has 14 heavy (non-hydrogen) atoms. The predicted molar refractivity (Wildman–Crippen MR) is 55.9 cm³/mol. The van der Waals surface area contributed by atoms with Crippen LogP contribution in [0.25, 0.3) is 0 Å². The summed E-state index contributed by atoms with van der Waals surface area (Å²) in [7, 11) is -3.81. The zero-order chi connectivity index (χ0) is 10.6. The van der Waals surface area contributed by atoms with Crippen molar-refractivity contribution < 1.29 is 13.0 Å². The first-order valence-corrected chi connectivity index (χ1v) is 6.09. The van der Waals surface area contributed by atoms with Crippen molar-refractivity contribution in [3.8, 4) is 0 Å². The summed E-state index contributed by atoms with van der Waals surface area (Å²) >= 11 is 0. The van der Waals surface area contributed by atoms with Crippen LogP contribution >= 0.6 is 0 Å². The second kappa shape index (κ2) is 4.57. The molecular weight excluding hydrogens is 200 g/mol. The van der Waals surface area contributed by atoms with E-state index in [-0.39, 0.29) is 5.75 Å². The Kier molecular flexibility index (Phi) is 3.66. The second-order valence-electron chi connectivity index (χ2n) is 3.32. The van der Waals surface area contributed by atoms with Gasteiger partial charge in [0, 0.05) is 0 Å². The Bertz CT molecular complexity index is 396. The molecule has 0 aliphatic rings. The Labute approximate surface area is 84.5 Å². The van der Waals surface area contributed by atoms with Gasteiger partial charge in [-0.3, -0.25) is 4.55 Å². The summed E-state index contributed by atoms with van der Waals surface area (Å²) in [5, 5.41) is 0. The van der Waals surface area contributed by atoms with Crippen LogP contribution in [-0.4, -0.2) is 18.7 Å². The van der Waals surface area contributed by atoms with Gasteiger partial charge in [-0.25, -0.2) is 0 Å². The third-order valence-corrected chi connectivity index (χ3v) is 2.91. The monoisotopic (exact) mass is 214 g/mol. The molecule has 0 saturated carbocycles. The third-order valence-electron chi connectivity index (χ3n) is 2.11. The van der Waals surface area contributed by atoms with Crippen molar-refractivity contribution in [1.82, 2.24) is 0 Å². The van der Waals surface area contributed by atoms with Gasteiger partial charge < -0.3 is 0 Å². The van der Waals surface area contributed by atoms with Gasteiger partial charge in [0.15, 0.2) is 0 Å². The molecule has 0 saturated heterocycles. The Balaban J connectivity index is 2.51. The number of rotatable bonds is 4. The second-order valence-corrected chi connectivity index (χ2v) is 4.89. The average molecular weight is 214 g/mol. The molecule has 0 aromatic heterocycles.